The van der Waals surface area contributed by atoms with Crippen LogP contribution >= 0.6 is 11.6 Å². The molecule has 7 nitrogen and oxygen atoms in total. The molecule has 32 heavy (non-hydrogen) atoms. The second kappa shape index (κ2) is 8.72. The molecule has 3 rings (SSSR count). The van der Waals surface area contributed by atoms with Crippen molar-refractivity contribution in [2.45, 2.75) is 31.1 Å². The fourth-order valence-electron chi connectivity index (χ4n) is 3.03. The second-order valence-corrected chi connectivity index (χ2v) is 10.2. The molecule has 0 saturated carbocycles. The molecule has 0 fully saturated rings. The predicted octanol–water partition coefficient (Wildman–Crippen LogP) is 4.76. The van der Waals surface area contributed by atoms with Crippen LogP contribution in [0.3, 0.4) is 0 Å². The summed E-state index contributed by atoms with van der Waals surface area (Å²) < 4.78 is 28.3. The molecule has 0 aliphatic heterocycles. The highest BCUT2D eigenvalue weighted by Crippen LogP contribution is 2.27. The van der Waals surface area contributed by atoms with Gasteiger partial charge in [0, 0.05) is 11.8 Å². The van der Waals surface area contributed by atoms with E-state index in [9.17, 15) is 23.1 Å². The summed E-state index contributed by atoms with van der Waals surface area (Å²) in [6.45, 7) is 6.04. The van der Waals surface area contributed by atoms with Crippen molar-refractivity contribution in [2.24, 2.45) is 0 Å². The molecule has 0 radical (unpaired) electrons. The lowest BCUT2D eigenvalue weighted by Crippen LogP contribution is -2.18. The number of nitrogens with zero attached hydrogens (tertiary/aromatic N) is 1. The number of pyridine rings is 1. The third-order valence-electron chi connectivity index (χ3n) is 4.75. The Kier molecular flexibility index (Phi) is 6.39. The number of carboxylic acids is 1. The number of rotatable bonds is 6. The highest BCUT2D eigenvalue weighted by Gasteiger charge is 2.25. The smallest absolute Gasteiger partial charge is 0.336 e. The molecule has 0 aliphatic carbocycles. The Balaban J connectivity index is 2.02. The lowest BCUT2D eigenvalue weighted by molar-refractivity contribution is 0.0692. The molecule has 0 bridgehead atoms. The highest BCUT2D eigenvalue weighted by atomic mass is 35.5. The first kappa shape index (κ1) is 23.4. The van der Waals surface area contributed by atoms with Crippen LogP contribution in [0.25, 0.3) is 0 Å². The first-order valence-corrected chi connectivity index (χ1v) is 11.4. The van der Waals surface area contributed by atoms with Gasteiger partial charge in [0.25, 0.3) is 10.0 Å². The van der Waals surface area contributed by atoms with Crippen molar-refractivity contribution in [3.05, 3.63) is 88.2 Å². The fourth-order valence-corrected chi connectivity index (χ4v) is 4.25. The van der Waals surface area contributed by atoms with E-state index >= 15 is 0 Å². The van der Waals surface area contributed by atoms with Crippen LogP contribution in [-0.4, -0.2) is 30.3 Å². The topological polar surface area (TPSA) is 113 Å². The maximum absolute atomic E-state index is 13.1. The van der Waals surface area contributed by atoms with Crippen molar-refractivity contribution in [1.29, 1.82) is 0 Å². The number of aromatic nitrogens is 1. The number of sulfonamides is 1. The predicted molar refractivity (Wildman–Crippen MR) is 122 cm³/mol. The van der Waals surface area contributed by atoms with Gasteiger partial charge in [-0.25, -0.2) is 18.2 Å². The summed E-state index contributed by atoms with van der Waals surface area (Å²) in [5.41, 5.74) is 0.0530. The number of carboxylic acid groups (broad SMARTS) is 1. The Hall–Kier alpha value is -3.23. The number of carbonyl (C=O) groups excluding carboxylic acids is 1. The molecule has 1 heterocycles. The standard InChI is InChI=1S/C23H21ClN2O5S/c1-23(2,3)14-8-10-16(11-9-14)32(30,31)26-19-12-15(24)13-25-20(19)21(27)17-6-4-5-7-18(17)22(28)29/h4-13,26H,1-3H3,(H,28,29). The molecule has 0 saturated heterocycles. The van der Waals surface area contributed by atoms with E-state index in [-0.39, 0.29) is 37.8 Å². The number of carbonyl (C=O) groups is 2. The zero-order valence-corrected chi connectivity index (χ0v) is 19.2. The van der Waals surface area contributed by atoms with Crippen LogP contribution in [-0.2, 0) is 15.4 Å². The van der Waals surface area contributed by atoms with Gasteiger partial charge >= 0.3 is 5.97 Å². The maximum Gasteiger partial charge on any atom is 0.336 e. The van der Waals surface area contributed by atoms with Gasteiger partial charge in [0.15, 0.2) is 0 Å². The minimum absolute atomic E-state index is 0.00480. The fraction of sp³-hybridized carbons (Fsp3) is 0.174. The van der Waals surface area contributed by atoms with Crippen LogP contribution in [0.2, 0.25) is 5.02 Å². The largest absolute Gasteiger partial charge is 0.478 e. The number of nitrogens with one attached hydrogen (secondary N) is 1. The molecule has 0 unspecified atom stereocenters. The molecule has 1 aromatic heterocycles. The zero-order valence-electron chi connectivity index (χ0n) is 17.6. The van der Waals surface area contributed by atoms with Gasteiger partial charge in [0.2, 0.25) is 5.78 Å². The number of benzene rings is 2. The monoisotopic (exact) mass is 472 g/mol. The second-order valence-electron chi connectivity index (χ2n) is 8.11. The molecule has 2 N–H and O–H groups in total. The van der Waals surface area contributed by atoms with Gasteiger partial charge in [-0.3, -0.25) is 9.52 Å². The van der Waals surface area contributed by atoms with Crippen LogP contribution < -0.4 is 4.72 Å². The van der Waals surface area contributed by atoms with E-state index in [1.54, 1.807) is 12.1 Å². The minimum Gasteiger partial charge on any atom is -0.478 e. The van der Waals surface area contributed by atoms with Gasteiger partial charge in [-0.2, -0.15) is 0 Å². The summed E-state index contributed by atoms with van der Waals surface area (Å²) in [6, 6.07) is 13.3. The summed E-state index contributed by atoms with van der Waals surface area (Å²) >= 11 is 5.99. The van der Waals surface area contributed by atoms with Crippen molar-refractivity contribution in [1.82, 2.24) is 4.98 Å². The minimum atomic E-state index is -4.07. The van der Waals surface area contributed by atoms with Gasteiger partial charge in [-0.1, -0.05) is 62.7 Å². The molecule has 0 aliphatic rings. The van der Waals surface area contributed by atoms with Gasteiger partial charge in [0.05, 0.1) is 21.2 Å². The first-order chi connectivity index (χ1) is 14.9. The number of aromatic carboxylic acids is 1. The Morgan fingerprint density at radius 3 is 2.16 bits per heavy atom. The molecular weight excluding hydrogens is 452 g/mol. The lowest BCUT2D eigenvalue weighted by atomic mass is 9.87. The summed E-state index contributed by atoms with van der Waals surface area (Å²) in [5.74, 6) is -2.04. The van der Waals surface area contributed by atoms with Crippen LogP contribution in [0.5, 0.6) is 0 Å². The van der Waals surface area contributed by atoms with Crippen molar-refractivity contribution >= 4 is 39.1 Å². The van der Waals surface area contributed by atoms with Crippen LogP contribution in [0.15, 0.2) is 65.7 Å². The molecule has 0 spiro atoms. The van der Waals surface area contributed by atoms with E-state index in [4.69, 9.17) is 11.6 Å². The number of hydrogen-bond donors (Lipinski definition) is 2. The summed E-state index contributed by atoms with van der Waals surface area (Å²) in [4.78, 5) is 28.6. The van der Waals surface area contributed by atoms with E-state index < -0.39 is 21.8 Å². The van der Waals surface area contributed by atoms with E-state index in [2.05, 4.69) is 9.71 Å². The molecule has 2 aromatic carbocycles. The van der Waals surface area contributed by atoms with Crippen LogP contribution in [0.4, 0.5) is 5.69 Å². The van der Waals surface area contributed by atoms with Gasteiger partial charge in [-0.15, -0.1) is 0 Å². The zero-order chi connectivity index (χ0) is 23.7. The van der Waals surface area contributed by atoms with E-state index in [1.165, 1.54) is 48.7 Å². The number of ketones is 1. The third-order valence-corrected chi connectivity index (χ3v) is 6.33. The Morgan fingerprint density at radius 1 is 1.00 bits per heavy atom. The Morgan fingerprint density at radius 2 is 1.59 bits per heavy atom. The highest BCUT2D eigenvalue weighted by molar-refractivity contribution is 7.92. The first-order valence-electron chi connectivity index (χ1n) is 9.56. The number of hydrogen-bond acceptors (Lipinski definition) is 5. The van der Waals surface area contributed by atoms with Crippen LogP contribution in [0.1, 0.15) is 52.7 Å². The van der Waals surface area contributed by atoms with E-state index in [0.29, 0.717) is 0 Å². The van der Waals surface area contributed by atoms with E-state index in [1.807, 2.05) is 20.8 Å². The SMILES string of the molecule is CC(C)(C)c1ccc(S(=O)(=O)Nc2cc(Cl)cnc2C(=O)c2ccccc2C(=O)O)cc1. The van der Waals surface area contributed by atoms with Gasteiger partial charge in [-0.05, 0) is 35.2 Å². The average molecular weight is 473 g/mol. The number of anilines is 1. The average Bonchev–Trinajstić information content (AvgIpc) is 2.72. The van der Waals surface area contributed by atoms with Crippen molar-refractivity contribution < 1.29 is 23.1 Å². The van der Waals surface area contributed by atoms with Crippen molar-refractivity contribution in [3.8, 4) is 0 Å². The molecule has 0 amide bonds. The van der Waals surface area contributed by atoms with Gasteiger partial charge < -0.3 is 5.11 Å². The third kappa shape index (κ3) is 4.98. The normalized spacial score (nSPS) is 11.8. The van der Waals surface area contributed by atoms with Crippen LogP contribution in [0, 0.1) is 0 Å². The molecule has 166 valence electrons. The lowest BCUT2D eigenvalue weighted by Gasteiger charge is -2.19. The molecule has 9 heteroatoms. The Labute approximate surface area is 191 Å². The summed E-state index contributed by atoms with van der Waals surface area (Å²) in [6.07, 6.45) is 1.19. The number of halogens is 1. The summed E-state index contributed by atoms with van der Waals surface area (Å²) in [5, 5.41) is 9.49. The summed E-state index contributed by atoms with van der Waals surface area (Å²) in [7, 11) is -4.07. The Bertz CT molecular complexity index is 1300. The van der Waals surface area contributed by atoms with Crippen molar-refractivity contribution in [2.75, 3.05) is 4.72 Å². The van der Waals surface area contributed by atoms with E-state index in [0.717, 1.165) is 5.56 Å². The maximum atomic E-state index is 13.1. The quantitative estimate of drug-likeness (QED) is 0.500. The molecular formula is C23H21ClN2O5S. The molecule has 0 atom stereocenters. The molecule has 3 aromatic rings. The van der Waals surface area contributed by atoms with Crippen molar-refractivity contribution in [3.63, 3.8) is 0 Å². The van der Waals surface area contributed by atoms with Gasteiger partial charge in [0.1, 0.15) is 5.69 Å².